The predicted octanol–water partition coefficient (Wildman–Crippen LogP) is 3.51. The summed E-state index contributed by atoms with van der Waals surface area (Å²) in [4.78, 5) is 29.4. The topological polar surface area (TPSA) is 99.3 Å². The number of sulfonamides is 1. The van der Waals surface area contributed by atoms with Crippen LogP contribution in [0.3, 0.4) is 0 Å². The number of anilines is 3. The Hall–Kier alpha value is -3.89. The number of methoxy groups -OCH3 is 1. The maximum atomic E-state index is 13.3. The van der Waals surface area contributed by atoms with Gasteiger partial charge in [-0.25, -0.2) is 8.42 Å². The Morgan fingerprint density at radius 3 is 2.36 bits per heavy atom. The summed E-state index contributed by atoms with van der Waals surface area (Å²) in [5.74, 6) is -0.0770. The predicted molar refractivity (Wildman–Crippen MR) is 151 cm³/mol. The molecule has 9 nitrogen and oxygen atoms in total. The molecule has 39 heavy (non-hydrogen) atoms. The lowest BCUT2D eigenvalue weighted by Gasteiger charge is -2.35. The van der Waals surface area contributed by atoms with E-state index in [1.807, 2.05) is 55.5 Å². The summed E-state index contributed by atoms with van der Waals surface area (Å²) in [5.41, 5.74) is 3.26. The molecule has 1 N–H and O–H groups in total. The number of hydrogen-bond acceptors (Lipinski definition) is 6. The average molecular weight is 549 g/mol. The van der Waals surface area contributed by atoms with Crippen LogP contribution in [-0.2, 0) is 19.6 Å². The third-order valence-corrected chi connectivity index (χ3v) is 9.15. The summed E-state index contributed by atoms with van der Waals surface area (Å²) in [5, 5.41) is 2.84. The summed E-state index contributed by atoms with van der Waals surface area (Å²) < 4.78 is 33.5. The van der Waals surface area contributed by atoms with Crippen LogP contribution in [0.25, 0.3) is 0 Å². The molecule has 1 unspecified atom stereocenters. The van der Waals surface area contributed by atoms with E-state index in [9.17, 15) is 18.0 Å². The first-order chi connectivity index (χ1) is 18.8. The zero-order valence-corrected chi connectivity index (χ0v) is 22.9. The van der Waals surface area contributed by atoms with E-state index >= 15 is 0 Å². The summed E-state index contributed by atoms with van der Waals surface area (Å²) in [7, 11) is -2.06. The summed E-state index contributed by atoms with van der Waals surface area (Å²) in [6, 6.07) is 21.5. The Balaban J connectivity index is 1.19. The van der Waals surface area contributed by atoms with E-state index in [-0.39, 0.29) is 23.1 Å². The van der Waals surface area contributed by atoms with Crippen molar-refractivity contribution < 1.29 is 22.7 Å². The molecule has 0 aliphatic carbocycles. The Morgan fingerprint density at radius 2 is 1.67 bits per heavy atom. The van der Waals surface area contributed by atoms with E-state index in [2.05, 4.69) is 10.2 Å². The number of nitrogens with zero attached hydrogens (tertiary/aromatic N) is 3. The van der Waals surface area contributed by atoms with Gasteiger partial charge in [-0.1, -0.05) is 24.3 Å². The van der Waals surface area contributed by atoms with Gasteiger partial charge in [-0.15, -0.1) is 0 Å². The van der Waals surface area contributed by atoms with Crippen LogP contribution < -0.4 is 19.9 Å². The van der Waals surface area contributed by atoms with Gasteiger partial charge in [0.2, 0.25) is 21.8 Å². The van der Waals surface area contributed by atoms with Crippen molar-refractivity contribution in [3.8, 4) is 5.75 Å². The molecular weight excluding hydrogens is 516 g/mol. The minimum absolute atomic E-state index is 0.0898. The van der Waals surface area contributed by atoms with Crippen molar-refractivity contribution in [1.82, 2.24) is 4.31 Å². The molecular formula is C29H32N4O5S. The standard InChI is InChI=1S/C29H32N4O5S/c1-21-6-5-7-24(18-21)33-20-22(19-28(33)34)29(35)30-23-10-12-25(13-11-23)39(36,37)32-16-14-31(15-17-32)26-8-3-4-9-27(26)38-2/h3-13,18,22H,14-17,19-20H2,1-2H3,(H,30,35). The first kappa shape index (κ1) is 26.7. The Morgan fingerprint density at radius 1 is 0.949 bits per heavy atom. The fourth-order valence-corrected chi connectivity index (χ4v) is 6.51. The van der Waals surface area contributed by atoms with Gasteiger partial charge in [0.25, 0.3) is 0 Å². The van der Waals surface area contributed by atoms with Crippen molar-refractivity contribution in [3.63, 3.8) is 0 Å². The maximum absolute atomic E-state index is 13.3. The highest BCUT2D eigenvalue weighted by atomic mass is 32.2. The lowest BCUT2D eigenvalue weighted by atomic mass is 10.1. The number of carbonyl (C=O) groups is 2. The SMILES string of the molecule is COc1ccccc1N1CCN(S(=O)(=O)c2ccc(NC(=O)C3CC(=O)N(c4cccc(C)c4)C3)cc2)CC1. The average Bonchev–Trinajstić information content (AvgIpc) is 3.35. The maximum Gasteiger partial charge on any atom is 0.243 e. The largest absolute Gasteiger partial charge is 0.495 e. The van der Waals surface area contributed by atoms with Crippen LogP contribution in [0.5, 0.6) is 5.75 Å². The van der Waals surface area contributed by atoms with Crippen LogP contribution in [0.1, 0.15) is 12.0 Å². The van der Waals surface area contributed by atoms with Gasteiger partial charge in [-0.2, -0.15) is 4.31 Å². The van der Waals surface area contributed by atoms with Crippen molar-refractivity contribution in [2.45, 2.75) is 18.2 Å². The summed E-state index contributed by atoms with van der Waals surface area (Å²) >= 11 is 0. The molecule has 204 valence electrons. The van der Waals surface area contributed by atoms with E-state index in [1.165, 1.54) is 16.4 Å². The third-order valence-electron chi connectivity index (χ3n) is 7.23. The van der Waals surface area contributed by atoms with E-state index in [1.54, 1.807) is 24.1 Å². The minimum Gasteiger partial charge on any atom is -0.495 e. The minimum atomic E-state index is -3.68. The number of ether oxygens (including phenoxy) is 1. The smallest absolute Gasteiger partial charge is 0.243 e. The number of carbonyl (C=O) groups excluding carboxylic acids is 2. The number of rotatable bonds is 7. The summed E-state index contributed by atoms with van der Waals surface area (Å²) in [6.07, 6.45) is 0.132. The molecule has 2 aliphatic heterocycles. The van der Waals surface area contributed by atoms with Crippen LogP contribution in [0.4, 0.5) is 17.1 Å². The highest BCUT2D eigenvalue weighted by Crippen LogP contribution is 2.30. The molecule has 0 aromatic heterocycles. The monoisotopic (exact) mass is 548 g/mol. The fourth-order valence-electron chi connectivity index (χ4n) is 5.09. The van der Waals surface area contributed by atoms with Gasteiger partial charge in [0.05, 0.1) is 23.6 Å². The highest BCUT2D eigenvalue weighted by Gasteiger charge is 2.35. The Labute approximate surface area is 229 Å². The number of piperazine rings is 1. The van der Waals surface area contributed by atoms with Gasteiger partial charge in [0.1, 0.15) is 5.75 Å². The van der Waals surface area contributed by atoms with Crippen molar-refractivity contribution >= 4 is 38.9 Å². The molecule has 2 saturated heterocycles. The molecule has 0 spiro atoms. The van der Waals surface area contributed by atoms with Gasteiger partial charge in [0, 0.05) is 50.5 Å². The lowest BCUT2D eigenvalue weighted by Crippen LogP contribution is -2.48. The number of amides is 2. The molecule has 0 bridgehead atoms. The van der Waals surface area contributed by atoms with Crippen molar-refractivity contribution in [2.75, 3.05) is 55.0 Å². The van der Waals surface area contributed by atoms with Crippen molar-refractivity contribution in [2.24, 2.45) is 5.92 Å². The van der Waals surface area contributed by atoms with Crippen LogP contribution in [0.2, 0.25) is 0 Å². The number of nitrogens with one attached hydrogen (secondary N) is 1. The first-order valence-electron chi connectivity index (χ1n) is 12.9. The molecule has 2 heterocycles. The van der Waals surface area contributed by atoms with Gasteiger partial charge in [0.15, 0.2) is 0 Å². The van der Waals surface area contributed by atoms with E-state index in [0.29, 0.717) is 38.4 Å². The molecule has 3 aromatic rings. The lowest BCUT2D eigenvalue weighted by molar-refractivity contribution is -0.122. The first-order valence-corrected chi connectivity index (χ1v) is 14.4. The molecule has 1 atom stereocenters. The zero-order chi connectivity index (χ0) is 27.6. The number of benzene rings is 3. The Bertz CT molecular complexity index is 1470. The number of aryl methyl sites for hydroxylation is 1. The number of hydrogen-bond donors (Lipinski definition) is 1. The molecule has 0 saturated carbocycles. The zero-order valence-electron chi connectivity index (χ0n) is 22.0. The molecule has 2 amide bonds. The van der Waals surface area contributed by atoms with Crippen LogP contribution in [0, 0.1) is 12.8 Å². The van der Waals surface area contributed by atoms with E-state index in [0.717, 1.165) is 22.7 Å². The normalized spacial score (nSPS) is 18.3. The highest BCUT2D eigenvalue weighted by molar-refractivity contribution is 7.89. The summed E-state index contributed by atoms with van der Waals surface area (Å²) in [6.45, 7) is 4.07. The molecule has 3 aromatic carbocycles. The second-order valence-electron chi connectivity index (χ2n) is 9.82. The molecule has 5 rings (SSSR count). The quantitative estimate of drug-likeness (QED) is 0.485. The Kier molecular flexibility index (Phi) is 7.58. The van der Waals surface area contributed by atoms with Crippen molar-refractivity contribution in [1.29, 1.82) is 0 Å². The van der Waals surface area contributed by atoms with Crippen LogP contribution in [-0.4, -0.2) is 64.4 Å². The van der Waals surface area contributed by atoms with Crippen LogP contribution >= 0.6 is 0 Å². The van der Waals surface area contributed by atoms with E-state index in [4.69, 9.17) is 4.74 Å². The fraction of sp³-hybridized carbons (Fsp3) is 0.310. The third kappa shape index (κ3) is 5.62. The van der Waals surface area contributed by atoms with Gasteiger partial charge in [-0.3, -0.25) is 9.59 Å². The van der Waals surface area contributed by atoms with Gasteiger partial charge < -0.3 is 19.9 Å². The molecule has 2 fully saturated rings. The molecule has 2 aliphatic rings. The van der Waals surface area contributed by atoms with Crippen molar-refractivity contribution in [3.05, 3.63) is 78.4 Å². The molecule has 10 heteroatoms. The molecule has 0 radical (unpaired) electrons. The van der Waals surface area contributed by atoms with E-state index < -0.39 is 15.9 Å². The second kappa shape index (κ2) is 11.1. The van der Waals surface area contributed by atoms with Crippen LogP contribution in [0.15, 0.2) is 77.7 Å². The van der Waals surface area contributed by atoms with Gasteiger partial charge in [-0.05, 0) is 61.0 Å². The number of para-hydroxylation sites is 2. The second-order valence-corrected chi connectivity index (χ2v) is 11.8. The van der Waals surface area contributed by atoms with Gasteiger partial charge >= 0.3 is 0 Å².